The van der Waals surface area contributed by atoms with Crippen LogP contribution in [0, 0.1) is 6.92 Å². The Morgan fingerprint density at radius 3 is 2.46 bits per heavy atom. The number of nitrogens with one attached hydrogen (secondary N) is 1. The van der Waals surface area contributed by atoms with Gasteiger partial charge in [-0.05, 0) is 31.2 Å². The van der Waals surface area contributed by atoms with E-state index < -0.39 is 10.0 Å². The molecule has 6 heteroatoms. The van der Waals surface area contributed by atoms with Crippen molar-refractivity contribution in [3.05, 3.63) is 60.3 Å². The number of rotatable bonds is 4. The highest BCUT2D eigenvalue weighted by molar-refractivity contribution is 7.92. The molecule has 1 heterocycles. The van der Waals surface area contributed by atoms with E-state index in [9.17, 15) is 8.42 Å². The second kappa shape index (κ2) is 6.13. The number of nitrogens with zero attached hydrogens (tertiary/aromatic N) is 1. The molecule has 0 aliphatic rings. The van der Waals surface area contributed by atoms with Gasteiger partial charge in [-0.25, -0.2) is 8.42 Å². The fraction of sp³-hybridized carbons (Fsp3) is 0.167. The molecule has 0 aliphatic carbocycles. The van der Waals surface area contributed by atoms with Crippen molar-refractivity contribution in [2.45, 2.75) is 11.8 Å². The second-order valence-corrected chi connectivity index (χ2v) is 7.33. The molecular weight excluding hydrogens is 324 g/mol. The maximum atomic E-state index is 12.7. The van der Waals surface area contributed by atoms with Gasteiger partial charge in [0, 0.05) is 12.1 Å². The molecule has 0 fully saturated rings. The Labute approximate surface area is 141 Å². The fourth-order valence-corrected chi connectivity index (χ4v) is 3.67. The number of methoxy groups -OCH3 is 1. The number of sulfonamides is 1. The average Bonchev–Trinajstić information content (AvgIpc) is 2.54. The molecule has 0 saturated heterocycles. The van der Waals surface area contributed by atoms with Crippen molar-refractivity contribution in [2.75, 3.05) is 11.8 Å². The maximum Gasteiger partial charge on any atom is 0.262 e. The quantitative estimate of drug-likeness (QED) is 0.741. The van der Waals surface area contributed by atoms with Crippen LogP contribution in [0.5, 0.6) is 5.75 Å². The average molecular weight is 343 g/mol. The summed E-state index contributed by atoms with van der Waals surface area (Å²) in [6, 6.07) is 14.1. The topological polar surface area (TPSA) is 59.3 Å². The SMILES string of the molecule is COc1cc(NS(=O)(=O)c2ccc(C)cc2)c2c(ccc[n+]2C)c1. The summed E-state index contributed by atoms with van der Waals surface area (Å²) in [6.07, 6.45) is 1.87. The molecule has 0 saturated carbocycles. The largest absolute Gasteiger partial charge is 0.497 e. The molecular formula is C18H19N2O3S+. The van der Waals surface area contributed by atoms with Crippen LogP contribution in [-0.2, 0) is 17.1 Å². The van der Waals surface area contributed by atoms with Gasteiger partial charge in [-0.2, -0.15) is 4.57 Å². The molecule has 0 aliphatic heterocycles. The fourth-order valence-electron chi connectivity index (χ4n) is 2.62. The summed E-state index contributed by atoms with van der Waals surface area (Å²) in [6.45, 7) is 1.92. The van der Waals surface area contributed by atoms with Gasteiger partial charge >= 0.3 is 0 Å². The van der Waals surface area contributed by atoms with E-state index in [1.807, 2.05) is 42.9 Å². The Balaban J connectivity index is 2.13. The van der Waals surface area contributed by atoms with Gasteiger partial charge in [0.2, 0.25) is 5.52 Å². The number of anilines is 1. The third-order valence-electron chi connectivity index (χ3n) is 3.86. The summed E-state index contributed by atoms with van der Waals surface area (Å²) in [4.78, 5) is 0.225. The van der Waals surface area contributed by atoms with E-state index in [0.717, 1.165) is 16.5 Å². The molecule has 5 nitrogen and oxygen atoms in total. The Kier molecular flexibility index (Phi) is 4.15. The molecule has 0 amide bonds. The first-order valence-corrected chi connectivity index (χ1v) is 8.95. The highest BCUT2D eigenvalue weighted by Crippen LogP contribution is 2.28. The van der Waals surface area contributed by atoms with Gasteiger partial charge in [0.1, 0.15) is 18.5 Å². The predicted molar refractivity (Wildman–Crippen MR) is 93.7 cm³/mol. The number of pyridine rings is 1. The maximum absolute atomic E-state index is 12.7. The summed E-state index contributed by atoms with van der Waals surface area (Å²) >= 11 is 0. The van der Waals surface area contributed by atoms with Crippen LogP contribution in [0.25, 0.3) is 10.9 Å². The van der Waals surface area contributed by atoms with Crippen molar-refractivity contribution in [1.82, 2.24) is 0 Å². The molecule has 3 aromatic rings. The van der Waals surface area contributed by atoms with E-state index in [4.69, 9.17) is 4.74 Å². The molecule has 0 atom stereocenters. The van der Waals surface area contributed by atoms with Gasteiger partial charge in [0.25, 0.3) is 10.0 Å². The highest BCUT2D eigenvalue weighted by atomic mass is 32.2. The summed E-state index contributed by atoms with van der Waals surface area (Å²) in [5.74, 6) is 0.593. The predicted octanol–water partition coefficient (Wildman–Crippen LogP) is 2.78. The molecule has 1 aromatic heterocycles. The van der Waals surface area contributed by atoms with Crippen LogP contribution in [0.4, 0.5) is 5.69 Å². The Morgan fingerprint density at radius 2 is 1.79 bits per heavy atom. The number of benzene rings is 2. The molecule has 24 heavy (non-hydrogen) atoms. The number of aryl methyl sites for hydroxylation is 2. The van der Waals surface area contributed by atoms with Crippen LogP contribution in [0.2, 0.25) is 0 Å². The number of fused-ring (bicyclic) bond motifs is 1. The van der Waals surface area contributed by atoms with Crippen molar-refractivity contribution < 1.29 is 17.7 Å². The standard InChI is InChI=1S/C18H19N2O3S/c1-13-6-8-16(9-7-13)24(21,22)19-17-12-15(23-3)11-14-5-4-10-20(2)18(14)17/h4-12,19H,1-3H3/q+1. The van der Waals surface area contributed by atoms with Gasteiger partial charge in [0.15, 0.2) is 6.20 Å². The minimum absolute atomic E-state index is 0.225. The van der Waals surface area contributed by atoms with Crippen LogP contribution >= 0.6 is 0 Å². The van der Waals surface area contributed by atoms with Crippen molar-refractivity contribution in [3.8, 4) is 5.75 Å². The monoisotopic (exact) mass is 343 g/mol. The first-order chi connectivity index (χ1) is 11.4. The van der Waals surface area contributed by atoms with Crippen LogP contribution in [0.1, 0.15) is 5.56 Å². The van der Waals surface area contributed by atoms with E-state index in [1.54, 1.807) is 37.4 Å². The summed E-state index contributed by atoms with van der Waals surface area (Å²) in [7, 11) is -0.251. The van der Waals surface area contributed by atoms with Gasteiger partial charge in [-0.15, -0.1) is 0 Å². The lowest BCUT2D eigenvalue weighted by Gasteiger charge is -2.11. The van der Waals surface area contributed by atoms with Crippen molar-refractivity contribution in [1.29, 1.82) is 0 Å². The van der Waals surface area contributed by atoms with Gasteiger partial charge in [-0.1, -0.05) is 17.7 Å². The van der Waals surface area contributed by atoms with E-state index in [0.29, 0.717) is 11.4 Å². The lowest BCUT2D eigenvalue weighted by Crippen LogP contribution is -2.29. The van der Waals surface area contributed by atoms with E-state index in [1.165, 1.54) is 0 Å². The van der Waals surface area contributed by atoms with Crippen LogP contribution in [0.15, 0.2) is 59.6 Å². The molecule has 0 spiro atoms. The molecule has 0 bridgehead atoms. The normalized spacial score (nSPS) is 11.5. The van der Waals surface area contributed by atoms with Crippen LogP contribution in [-0.4, -0.2) is 15.5 Å². The third kappa shape index (κ3) is 3.05. The van der Waals surface area contributed by atoms with Crippen molar-refractivity contribution in [2.24, 2.45) is 7.05 Å². The zero-order chi connectivity index (χ0) is 17.3. The Hall–Kier alpha value is -2.60. The molecule has 0 unspecified atom stereocenters. The van der Waals surface area contributed by atoms with Crippen LogP contribution < -0.4 is 14.0 Å². The first kappa shape index (κ1) is 16.3. The second-order valence-electron chi connectivity index (χ2n) is 5.65. The number of ether oxygens (including phenoxy) is 1. The zero-order valence-corrected chi connectivity index (χ0v) is 14.6. The number of aromatic nitrogens is 1. The molecule has 3 rings (SSSR count). The highest BCUT2D eigenvalue weighted by Gasteiger charge is 2.20. The molecule has 2 aromatic carbocycles. The van der Waals surface area contributed by atoms with Crippen LogP contribution in [0.3, 0.4) is 0 Å². The number of hydrogen-bond donors (Lipinski definition) is 1. The summed E-state index contributed by atoms with van der Waals surface area (Å²) in [5, 5.41) is 0.890. The lowest BCUT2D eigenvalue weighted by molar-refractivity contribution is -0.644. The smallest absolute Gasteiger partial charge is 0.262 e. The first-order valence-electron chi connectivity index (χ1n) is 7.46. The summed E-state index contributed by atoms with van der Waals surface area (Å²) in [5.41, 5.74) is 2.27. The Morgan fingerprint density at radius 1 is 1.08 bits per heavy atom. The van der Waals surface area contributed by atoms with E-state index in [-0.39, 0.29) is 4.90 Å². The van der Waals surface area contributed by atoms with Gasteiger partial charge in [0.05, 0.1) is 17.4 Å². The van der Waals surface area contributed by atoms with Crippen molar-refractivity contribution in [3.63, 3.8) is 0 Å². The Bertz CT molecular complexity index is 997. The zero-order valence-electron chi connectivity index (χ0n) is 13.8. The minimum Gasteiger partial charge on any atom is -0.497 e. The summed E-state index contributed by atoms with van der Waals surface area (Å²) < 4.78 is 35.3. The molecule has 1 N–H and O–H groups in total. The van der Waals surface area contributed by atoms with Gasteiger partial charge < -0.3 is 4.74 Å². The molecule has 124 valence electrons. The minimum atomic E-state index is -3.68. The number of hydrogen-bond acceptors (Lipinski definition) is 3. The van der Waals surface area contributed by atoms with Crippen molar-refractivity contribution >= 4 is 26.6 Å². The lowest BCUT2D eigenvalue weighted by atomic mass is 10.2. The van der Waals surface area contributed by atoms with Gasteiger partial charge in [-0.3, -0.25) is 4.72 Å². The van der Waals surface area contributed by atoms with E-state index >= 15 is 0 Å². The van der Waals surface area contributed by atoms with E-state index in [2.05, 4.69) is 4.72 Å². The molecule has 0 radical (unpaired) electrons. The third-order valence-corrected chi connectivity index (χ3v) is 5.24.